The van der Waals surface area contributed by atoms with Crippen LogP contribution < -0.4 is 0 Å². The van der Waals surface area contributed by atoms with Gasteiger partial charge >= 0.3 is 17.9 Å². The van der Waals surface area contributed by atoms with Crippen molar-refractivity contribution in [1.29, 1.82) is 0 Å². The number of carbonyl (C=O) groups is 3. The number of rotatable bonds is 49. The molecule has 0 amide bonds. The predicted molar refractivity (Wildman–Crippen MR) is 275 cm³/mol. The summed E-state index contributed by atoms with van der Waals surface area (Å²) in [7, 11) is 0. The van der Waals surface area contributed by atoms with Crippen molar-refractivity contribution < 1.29 is 28.6 Å². The summed E-state index contributed by atoms with van der Waals surface area (Å²) in [6, 6.07) is 0. The maximum Gasteiger partial charge on any atom is 0.306 e. The molecule has 0 fully saturated rings. The fourth-order valence-corrected chi connectivity index (χ4v) is 7.77. The minimum atomic E-state index is -0.781. The second-order valence-corrected chi connectivity index (χ2v) is 18.3. The lowest BCUT2D eigenvalue weighted by atomic mass is 10.0. The van der Waals surface area contributed by atoms with Crippen molar-refractivity contribution in [1.82, 2.24) is 0 Å². The van der Waals surface area contributed by atoms with Gasteiger partial charge in [-0.1, -0.05) is 274 Å². The average molecular weight is 895 g/mol. The second-order valence-electron chi connectivity index (χ2n) is 18.3. The lowest BCUT2D eigenvalue weighted by Crippen LogP contribution is -2.30. The van der Waals surface area contributed by atoms with Crippen LogP contribution >= 0.6 is 0 Å². The number of ether oxygens (including phenoxy) is 3. The maximum atomic E-state index is 12.8. The van der Waals surface area contributed by atoms with E-state index in [1.165, 1.54) is 148 Å². The highest BCUT2D eigenvalue weighted by atomic mass is 16.6. The van der Waals surface area contributed by atoms with Crippen LogP contribution in [-0.4, -0.2) is 37.2 Å². The largest absolute Gasteiger partial charge is 0.462 e. The van der Waals surface area contributed by atoms with E-state index in [0.29, 0.717) is 19.3 Å². The van der Waals surface area contributed by atoms with Gasteiger partial charge in [0, 0.05) is 19.3 Å². The molecular weight excluding hydrogens is 793 g/mol. The van der Waals surface area contributed by atoms with Gasteiger partial charge < -0.3 is 14.2 Å². The van der Waals surface area contributed by atoms with Gasteiger partial charge in [-0.25, -0.2) is 0 Å². The Morgan fingerprint density at radius 3 is 0.938 bits per heavy atom. The van der Waals surface area contributed by atoms with Crippen LogP contribution in [0.2, 0.25) is 0 Å². The minimum absolute atomic E-state index is 0.0789. The van der Waals surface area contributed by atoms with E-state index in [1.54, 1.807) is 0 Å². The van der Waals surface area contributed by atoms with Crippen LogP contribution in [0.5, 0.6) is 0 Å². The van der Waals surface area contributed by atoms with Gasteiger partial charge in [-0.2, -0.15) is 0 Å². The summed E-state index contributed by atoms with van der Waals surface area (Å²) in [5.74, 6) is -0.893. The van der Waals surface area contributed by atoms with Crippen LogP contribution in [0, 0.1) is 0 Å². The van der Waals surface area contributed by atoms with Crippen molar-refractivity contribution >= 4 is 17.9 Å². The van der Waals surface area contributed by atoms with Gasteiger partial charge in [0.25, 0.3) is 0 Å². The van der Waals surface area contributed by atoms with Crippen LogP contribution in [0.1, 0.15) is 271 Å². The Bertz CT molecular complexity index is 1170. The van der Waals surface area contributed by atoms with E-state index >= 15 is 0 Å². The SMILES string of the molecule is CCC\C=C/C=C\C=C/C=C\C=C/CCCCCCCC(=O)OCC(COC(=O)CCCCCCCCCCCCCCCC)OC(=O)CCCCCCCCCCCCCCCC. The summed E-state index contributed by atoms with van der Waals surface area (Å²) in [4.78, 5) is 38.1. The van der Waals surface area contributed by atoms with Crippen molar-refractivity contribution in [2.45, 2.75) is 277 Å². The van der Waals surface area contributed by atoms with Crippen LogP contribution in [0.25, 0.3) is 0 Å². The minimum Gasteiger partial charge on any atom is -0.462 e. The number of hydrogen-bond donors (Lipinski definition) is 0. The molecule has 0 heterocycles. The second kappa shape index (κ2) is 52.7. The molecule has 0 N–H and O–H groups in total. The monoisotopic (exact) mass is 895 g/mol. The number of allylic oxidation sites excluding steroid dienone is 10. The lowest BCUT2D eigenvalue weighted by molar-refractivity contribution is -0.167. The van der Waals surface area contributed by atoms with Gasteiger partial charge in [-0.05, 0) is 38.5 Å². The molecule has 6 heteroatoms. The van der Waals surface area contributed by atoms with E-state index in [9.17, 15) is 14.4 Å². The highest BCUT2D eigenvalue weighted by molar-refractivity contribution is 5.71. The molecule has 0 rings (SSSR count). The summed E-state index contributed by atoms with van der Waals surface area (Å²) in [6.07, 6.45) is 64.8. The molecule has 6 nitrogen and oxygen atoms in total. The Balaban J connectivity index is 4.41. The first kappa shape index (κ1) is 61.1. The standard InChI is InChI=1S/C58H102O6/c1-4-7-10-13-16-19-22-25-28-29-30-31-34-36-39-42-45-48-51-57(60)63-54-55(64-58(61)52-49-46-43-40-37-33-27-24-21-18-15-12-9-6-3)53-62-56(59)50-47-44-41-38-35-32-26-23-20-17-14-11-8-5-2/h10,13,16,19,22,25,28-31,55H,4-9,11-12,14-15,17-18,20-21,23-24,26-27,32-54H2,1-3H3/b13-10-,19-16-,25-22-,29-28-,31-30-. The highest BCUT2D eigenvalue weighted by Crippen LogP contribution is 2.16. The first-order valence-electron chi connectivity index (χ1n) is 27.4. The summed E-state index contributed by atoms with van der Waals surface area (Å²) in [5, 5.41) is 0. The Morgan fingerprint density at radius 1 is 0.312 bits per heavy atom. The van der Waals surface area contributed by atoms with E-state index < -0.39 is 6.10 Å². The third-order valence-corrected chi connectivity index (χ3v) is 11.9. The summed E-state index contributed by atoms with van der Waals surface area (Å²) < 4.78 is 16.8. The topological polar surface area (TPSA) is 78.9 Å². The molecule has 0 radical (unpaired) electrons. The Hall–Kier alpha value is -2.89. The van der Waals surface area contributed by atoms with Crippen LogP contribution in [0.15, 0.2) is 60.8 Å². The number of carbonyl (C=O) groups excluding carboxylic acids is 3. The quantitative estimate of drug-likeness (QED) is 0.0262. The molecule has 0 spiro atoms. The Labute approximate surface area is 396 Å². The molecule has 64 heavy (non-hydrogen) atoms. The zero-order valence-corrected chi connectivity index (χ0v) is 42.3. The van der Waals surface area contributed by atoms with Gasteiger partial charge in [-0.15, -0.1) is 0 Å². The van der Waals surface area contributed by atoms with Gasteiger partial charge in [0.2, 0.25) is 0 Å². The molecule has 0 aliphatic heterocycles. The number of hydrogen-bond acceptors (Lipinski definition) is 6. The van der Waals surface area contributed by atoms with Crippen molar-refractivity contribution in [3.8, 4) is 0 Å². The van der Waals surface area contributed by atoms with Gasteiger partial charge in [-0.3, -0.25) is 14.4 Å². The Kier molecular flexibility index (Phi) is 50.4. The smallest absolute Gasteiger partial charge is 0.306 e. The van der Waals surface area contributed by atoms with Crippen LogP contribution in [-0.2, 0) is 28.6 Å². The highest BCUT2D eigenvalue weighted by Gasteiger charge is 2.19. The molecule has 0 aromatic heterocycles. The lowest BCUT2D eigenvalue weighted by Gasteiger charge is -2.18. The molecule has 1 atom stereocenters. The van der Waals surface area contributed by atoms with E-state index in [0.717, 1.165) is 83.5 Å². The van der Waals surface area contributed by atoms with E-state index in [-0.39, 0.29) is 31.1 Å². The van der Waals surface area contributed by atoms with Crippen molar-refractivity contribution in [3.05, 3.63) is 60.8 Å². The first-order valence-corrected chi connectivity index (χ1v) is 27.4. The van der Waals surface area contributed by atoms with Gasteiger partial charge in [0.1, 0.15) is 13.2 Å². The molecule has 0 saturated heterocycles. The van der Waals surface area contributed by atoms with Gasteiger partial charge in [0.15, 0.2) is 6.10 Å². The molecule has 0 bridgehead atoms. The summed E-state index contributed by atoms with van der Waals surface area (Å²) in [6.45, 7) is 6.55. The fourth-order valence-electron chi connectivity index (χ4n) is 7.77. The first-order chi connectivity index (χ1) is 31.5. The third-order valence-electron chi connectivity index (χ3n) is 11.9. The van der Waals surface area contributed by atoms with Crippen molar-refractivity contribution in [2.75, 3.05) is 13.2 Å². The number of esters is 3. The predicted octanol–water partition coefficient (Wildman–Crippen LogP) is 18.0. The molecule has 0 aliphatic carbocycles. The van der Waals surface area contributed by atoms with Crippen LogP contribution in [0.3, 0.4) is 0 Å². The summed E-state index contributed by atoms with van der Waals surface area (Å²) >= 11 is 0. The van der Waals surface area contributed by atoms with Crippen LogP contribution in [0.4, 0.5) is 0 Å². The Morgan fingerprint density at radius 2 is 0.594 bits per heavy atom. The fraction of sp³-hybridized carbons (Fsp3) is 0.776. The normalized spacial score (nSPS) is 12.5. The van der Waals surface area contributed by atoms with E-state index in [1.807, 2.05) is 24.3 Å². The molecule has 0 aliphatic rings. The summed E-state index contributed by atoms with van der Waals surface area (Å²) in [5.41, 5.74) is 0. The van der Waals surface area contributed by atoms with E-state index in [2.05, 4.69) is 57.2 Å². The van der Waals surface area contributed by atoms with E-state index in [4.69, 9.17) is 14.2 Å². The molecule has 370 valence electrons. The zero-order chi connectivity index (χ0) is 46.5. The van der Waals surface area contributed by atoms with Gasteiger partial charge in [0.05, 0.1) is 0 Å². The molecule has 0 aromatic rings. The van der Waals surface area contributed by atoms with Crippen molar-refractivity contribution in [3.63, 3.8) is 0 Å². The van der Waals surface area contributed by atoms with Crippen molar-refractivity contribution in [2.24, 2.45) is 0 Å². The average Bonchev–Trinajstić information content (AvgIpc) is 3.29. The zero-order valence-electron chi connectivity index (χ0n) is 42.3. The number of unbranched alkanes of at least 4 members (excludes halogenated alkanes) is 32. The molecule has 0 saturated carbocycles. The third kappa shape index (κ3) is 50.1. The molecular formula is C58H102O6. The molecule has 1 unspecified atom stereocenters. The molecule has 0 aromatic carbocycles. The maximum absolute atomic E-state index is 12.8.